The minimum absolute atomic E-state index is 0.0468. The second-order valence-corrected chi connectivity index (χ2v) is 7.80. The quantitative estimate of drug-likeness (QED) is 0.594. The molecule has 0 aromatic carbocycles. The molecular formula is C20H23F3N6O3. The van der Waals surface area contributed by atoms with Crippen LogP contribution in [0.3, 0.4) is 0 Å². The molecule has 0 spiro atoms. The summed E-state index contributed by atoms with van der Waals surface area (Å²) in [4.78, 5) is 28.0. The topological polar surface area (TPSA) is 117 Å². The molecule has 1 unspecified atom stereocenters. The normalized spacial score (nSPS) is 12.9. The Bertz CT molecular complexity index is 1220. The van der Waals surface area contributed by atoms with Crippen LogP contribution in [0, 0.1) is 5.92 Å². The summed E-state index contributed by atoms with van der Waals surface area (Å²) in [6.07, 6.45) is -1.57. The highest BCUT2D eigenvalue weighted by Crippen LogP contribution is 2.33. The van der Waals surface area contributed by atoms with Gasteiger partial charge in [0, 0.05) is 30.3 Å². The summed E-state index contributed by atoms with van der Waals surface area (Å²) in [5.74, 6) is -0.0300. The zero-order chi connectivity index (χ0) is 23.8. The van der Waals surface area contributed by atoms with E-state index in [0.29, 0.717) is 21.1 Å². The summed E-state index contributed by atoms with van der Waals surface area (Å²) in [7, 11) is 1.72. The van der Waals surface area contributed by atoms with Crippen molar-refractivity contribution in [2.24, 2.45) is 18.7 Å². The third-order valence-corrected chi connectivity index (χ3v) is 4.72. The Kier molecular flexibility index (Phi) is 6.15. The molecule has 3 rings (SSSR count). The lowest BCUT2D eigenvalue weighted by atomic mass is 10.1. The number of nitrogens with zero attached hydrogens (tertiary/aromatic N) is 4. The number of fused-ring (bicyclic) bond motifs is 1. The predicted molar refractivity (Wildman–Crippen MR) is 113 cm³/mol. The Balaban J connectivity index is 2.24. The van der Waals surface area contributed by atoms with Gasteiger partial charge >= 0.3 is 17.8 Å². The third-order valence-electron chi connectivity index (χ3n) is 4.72. The number of halogens is 3. The van der Waals surface area contributed by atoms with Crippen molar-refractivity contribution < 1.29 is 22.7 Å². The van der Waals surface area contributed by atoms with Gasteiger partial charge in [0.25, 0.3) is 0 Å². The van der Waals surface area contributed by atoms with Crippen LogP contribution in [0.2, 0.25) is 0 Å². The molecule has 3 heterocycles. The number of hydrogen-bond acceptors (Lipinski definition) is 5. The molecule has 3 aromatic rings. The average Bonchev–Trinajstić information content (AvgIpc) is 3.01. The number of anilines is 1. The monoisotopic (exact) mass is 452 g/mol. The van der Waals surface area contributed by atoms with E-state index in [1.807, 2.05) is 13.8 Å². The number of carbonyl (C=O) groups excluding carboxylic acids is 1. The number of rotatable bonds is 6. The summed E-state index contributed by atoms with van der Waals surface area (Å²) >= 11 is 0. The summed E-state index contributed by atoms with van der Waals surface area (Å²) in [5, 5.41) is 6.91. The van der Waals surface area contributed by atoms with E-state index in [1.165, 1.54) is 18.3 Å². The molecule has 12 heteroatoms. The first-order valence-corrected chi connectivity index (χ1v) is 9.73. The van der Waals surface area contributed by atoms with Gasteiger partial charge in [-0.15, -0.1) is 0 Å². The largest absolute Gasteiger partial charge is 0.488 e. The van der Waals surface area contributed by atoms with Crippen LogP contribution in [0.4, 0.5) is 23.8 Å². The molecule has 2 amide bonds. The minimum Gasteiger partial charge on any atom is -0.488 e. The van der Waals surface area contributed by atoms with Crippen molar-refractivity contribution in [3.05, 3.63) is 34.9 Å². The Morgan fingerprint density at radius 2 is 1.97 bits per heavy atom. The lowest BCUT2D eigenvalue weighted by Crippen LogP contribution is -2.35. The Morgan fingerprint density at radius 3 is 2.56 bits per heavy atom. The Hall–Kier alpha value is -3.57. The van der Waals surface area contributed by atoms with Crippen LogP contribution in [0.15, 0.2) is 29.3 Å². The maximum Gasteiger partial charge on any atom is 0.410 e. The van der Waals surface area contributed by atoms with E-state index in [1.54, 1.807) is 17.8 Å². The number of urea groups is 1. The lowest BCUT2D eigenvalue weighted by molar-refractivity contribution is -0.166. The summed E-state index contributed by atoms with van der Waals surface area (Å²) < 4.78 is 47.9. The summed E-state index contributed by atoms with van der Waals surface area (Å²) in [6, 6.07) is -0.140. The molecule has 0 aliphatic rings. The summed E-state index contributed by atoms with van der Waals surface area (Å²) in [5.41, 5.74) is 5.32. The number of alkyl halides is 3. The number of aromatic nitrogens is 4. The van der Waals surface area contributed by atoms with Crippen molar-refractivity contribution in [1.29, 1.82) is 0 Å². The summed E-state index contributed by atoms with van der Waals surface area (Å²) in [6.45, 7) is 4.70. The molecule has 0 saturated carbocycles. The number of nitrogens with two attached hydrogens (primary N) is 1. The van der Waals surface area contributed by atoms with Gasteiger partial charge < -0.3 is 15.0 Å². The number of hydrogen-bond donors (Lipinski definition) is 2. The van der Waals surface area contributed by atoms with Gasteiger partial charge in [-0.2, -0.15) is 18.3 Å². The number of ether oxygens (including phenoxy) is 1. The van der Waals surface area contributed by atoms with E-state index < -0.39 is 23.8 Å². The van der Waals surface area contributed by atoms with Crippen LogP contribution in [-0.2, 0) is 7.05 Å². The molecule has 0 bridgehead atoms. The molecule has 9 nitrogen and oxygen atoms in total. The van der Waals surface area contributed by atoms with E-state index in [9.17, 15) is 22.8 Å². The van der Waals surface area contributed by atoms with Gasteiger partial charge in [0.05, 0.1) is 24.0 Å². The average molecular weight is 452 g/mol. The SMILES string of the molecule is CC(C)COc1cc(-c2cn(C)c3cnc(NC(N)=O)cc23)nn(C(C)C(F)(F)F)c1=O. The molecule has 3 N–H and O–H groups in total. The number of carbonyl (C=O) groups is 1. The van der Waals surface area contributed by atoms with Gasteiger partial charge in [-0.25, -0.2) is 14.5 Å². The highest BCUT2D eigenvalue weighted by Gasteiger charge is 2.39. The maximum absolute atomic E-state index is 13.4. The van der Waals surface area contributed by atoms with Gasteiger partial charge in [-0.1, -0.05) is 13.8 Å². The van der Waals surface area contributed by atoms with Crippen LogP contribution < -0.4 is 21.3 Å². The fourth-order valence-electron chi connectivity index (χ4n) is 3.06. The first-order chi connectivity index (χ1) is 14.9. The zero-order valence-electron chi connectivity index (χ0n) is 17.9. The highest BCUT2D eigenvalue weighted by atomic mass is 19.4. The van der Waals surface area contributed by atoms with Crippen LogP contribution in [0.25, 0.3) is 22.2 Å². The van der Waals surface area contributed by atoms with Gasteiger partial charge in [-0.05, 0) is 18.9 Å². The van der Waals surface area contributed by atoms with Crippen molar-refractivity contribution in [2.45, 2.75) is 33.0 Å². The highest BCUT2D eigenvalue weighted by molar-refractivity contribution is 5.98. The molecule has 0 aliphatic heterocycles. The zero-order valence-corrected chi connectivity index (χ0v) is 17.9. The van der Waals surface area contributed by atoms with E-state index in [-0.39, 0.29) is 29.8 Å². The second kappa shape index (κ2) is 8.52. The second-order valence-electron chi connectivity index (χ2n) is 7.80. The fraction of sp³-hybridized carbons (Fsp3) is 0.400. The minimum atomic E-state index is -4.69. The van der Waals surface area contributed by atoms with E-state index in [2.05, 4.69) is 15.4 Å². The first kappa shape index (κ1) is 23.1. The smallest absolute Gasteiger partial charge is 0.410 e. The molecule has 172 valence electrons. The molecule has 0 radical (unpaired) electrons. The van der Waals surface area contributed by atoms with Crippen molar-refractivity contribution >= 4 is 22.8 Å². The predicted octanol–water partition coefficient (Wildman–Crippen LogP) is 3.45. The van der Waals surface area contributed by atoms with E-state index in [4.69, 9.17) is 10.5 Å². The van der Waals surface area contributed by atoms with Crippen molar-refractivity contribution in [3.63, 3.8) is 0 Å². The first-order valence-electron chi connectivity index (χ1n) is 9.73. The molecule has 1 atom stereocenters. The van der Waals surface area contributed by atoms with Crippen molar-refractivity contribution in [3.8, 4) is 17.0 Å². The van der Waals surface area contributed by atoms with Crippen molar-refractivity contribution in [1.82, 2.24) is 19.3 Å². The molecule has 3 aromatic heterocycles. The number of primary amides is 1. The van der Waals surface area contributed by atoms with Crippen LogP contribution in [0.1, 0.15) is 26.8 Å². The van der Waals surface area contributed by atoms with Crippen LogP contribution >= 0.6 is 0 Å². The van der Waals surface area contributed by atoms with Gasteiger partial charge in [0.2, 0.25) is 0 Å². The Morgan fingerprint density at radius 1 is 1.28 bits per heavy atom. The van der Waals surface area contributed by atoms with Crippen LogP contribution in [-0.4, -0.2) is 38.1 Å². The molecule has 0 saturated heterocycles. The molecule has 32 heavy (non-hydrogen) atoms. The van der Waals surface area contributed by atoms with Gasteiger partial charge in [0.15, 0.2) is 5.75 Å². The number of aryl methyl sites for hydroxylation is 1. The number of nitrogens with one attached hydrogen (secondary N) is 1. The standard InChI is InChI=1S/C20H23F3N6O3/c1-10(2)9-32-16-6-14(27-29(18(16)30)11(3)20(21,22)23)13-8-28(4)15-7-25-17(5-12(13)15)26-19(24)31/h5-8,10-11H,9H2,1-4H3,(H3,24,25,26,31). The van der Waals surface area contributed by atoms with Gasteiger partial charge in [-0.3, -0.25) is 10.1 Å². The van der Waals surface area contributed by atoms with Crippen LogP contribution in [0.5, 0.6) is 5.75 Å². The molecular weight excluding hydrogens is 429 g/mol. The Labute approximate surface area is 181 Å². The third kappa shape index (κ3) is 4.68. The number of amides is 2. The molecule has 0 aliphatic carbocycles. The van der Waals surface area contributed by atoms with E-state index in [0.717, 1.165) is 6.92 Å². The van der Waals surface area contributed by atoms with Gasteiger partial charge in [0.1, 0.15) is 11.9 Å². The maximum atomic E-state index is 13.4. The van der Waals surface area contributed by atoms with Crippen molar-refractivity contribution in [2.75, 3.05) is 11.9 Å². The number of pyridine rings is 1. The van der Waals surface area contributed by atoms with E-state index >= 15 is 0 Å². The lowest BCUT2D eigenvalue weighted by Gasteiger charge is -2.19. The fourth-order valence-corrected chi connectivity index (χ4v) is 3.06. The molecule has 0 fully saturated rings.